The van der Waals surface area contributed by atoms with E-state index < -0.39 is 0 Å². The molecular formula is C23H23ClN8O8S3. The second kappa shape index (κ2) is 16.6. The van der Waals surface area contributed by atoms with Gasteiger partial charge >= 0.3 is 0 Å². The number of nitrogens with zero attached hydrogens (tertiary/aromatic N) is 5. The number of aliphatic hydroxyl groups excluding tert-OH is 1. The Hall–Kier alpha value is -3.21. The molecule has 0 fully saturated rings. The van der Waals surface area contributed by atoms with Crippen LogP contribution in [0.1, 0.15) is 0 Å². The molecule has 0 radical (unpaired) electrons. The molecule has 0 aliphatic heterocycles. The minimum Gasteiger partial charge on any atom is -0.507 e. The third kappa shape index (κ3) is 9.39. The molecule has 1 aromatic heterocycles. The Labute approximate surface area is 261 Å². The van der Waals surface area contributed by atoms with Crippen molar-refractivity contribution < 1.29 is 39.5 Å². The van der Waals surface area contributed by atoms with Crippen molar-refractivity contribution in [1.29, 1.82) is 0 Å². The molecule has 228 valence electrons. The summed E-state index contributed by atoms with van der Waals surface area (Å²) in [6, 6.07) is 11.2. The summed E-state index contributed by atoms with van der Waals surface area (Å²) in [5.41, 5.74) is 7.38. The molecule has 0 spiro atoms. The third-order valence-corrected chi connectivity index (χ3v) is 7.56. The third-order valence-electron chi connectivity index (χ3n) is 5.24. The number of hydrogen-bond donors (Lipinski definition) is 7. The van der Waals surface area contributed by atoms with E-state index in [2.05, 4.69) is 54.6 Å². The molecule has 1 heterocycles. The molecule has 20 heteroatoms. The number of nitrogen functional groups attached to an aromatic ring is 1. The highest BCUT2D eigenvalue weighted by Crippen LogP contribution is 2.42. The van der Waals surface area contributed by atoms with Crippen molar-refractivity contribution >= 4 is 92.9 Å². The molecular weight excluding hydrogens is 648 g/mol. The number of aromatic nitrogens is 3. The van der Waals surface area contributed by atoms with E-state index in [0.717, 1.165) is 5.75 Å². The fraction of sp³-hybridized carbons (Fsp3) is 0.174. The molecule has 43 heavy (non-hydrogen) atoms. The first-order valence-corrected chi connectivity index (χ1v) is 14.9. The quantitative estimate of drug-likeness (QED) is 0.0178. The van der Waals surface area contributed by atoms with Gasteiger partial charge in [-0.2, -0.15) is 26.7 Å². The lowest BCUT2D eigenvalue weighted by atomic mass is 10.1. The van der Waals surface area contributed by atoms with Crippen LogP contribution in [-0.4, -0.2) is 60.3 Å². The number of phenols is 1. The lowest BCUT2D eigenvalue weighted by molar-refractivity contribution is -0.432. The summed E-state index contributed by atoms with van der Waals surface area (Å²) in [7, 11) is 0. The summed E-state index contributed by atoms with van der Waals surface area (Å²) < 4.78 is 9.07. The first kappa shape index (κ1) is 32.7. The van der Waals surface area contributed by atoms with E-state index in [4.69, 9.17) is 33.0 Å². The lowest BCUT2D eigenvalue weighted by Crippen LogP contribution is -2.10. The molecule has 4 rings (SSSR count). The van der Waals surface area contributed by atoms with E-state index in [1.807, 2.05) is 0 Å². The number of hydrogen-bond acceptors (Lipinski definition) is 19. The number of anilines is 4. The normalized spacial score (nSPS) is 11.4. The zero-order valence-corrected chi connectivity index (χ0v) is 24.9. The maximum absolute atomic E-state index is 10.7. The number of azo groups is 1. The van der Waals surface area contributed by atoms with Crippen molar-refractivity contribution in [3.8, 4) is 5.75 Å². The lowest BCUT2D eigenvalue weighted by Gasteiger charge is -2.11. The van der Waals surface area contributed by atoms with Gasteiger partial charge in [-0.3, -0.25) is 0 Å². The molecule has 0 atom stereocenters. The number of thioether (sulfide) groups is 1. The minimum absolute atomic E-state index is 0.0315. The van der Waals surface area contributed by atoms with Crippen molar-refractivity contribution in [2.24, 2.45) is 10.2 Å². The molecule has 3 aromatic carbocycles. The van der Waals surface area contributed by atoms with E-state index in [-0.39, 0.29) is 40.9 Å². The Morgan fingerprint density at radius 3 is 2.51 bits per heavy atom. The number of benzene rings is 3. The first-order chi connectivity index (χ1) is 20.9. The van der Waals surface area contributed by atoms with Gasteiger partial charge in [0.15, 0.2) is 0 Å². The number of phenolic OH excluding ortho intramolecular Hbond substituents is 1. The highest BCUT2D eigenvalue weighted by atomic mass is 35.5. The van der Waals surface area contributed by atoms with Gasteiger partial charge in [-0.1, -0.05) is 16.1 Å². The first-order valence-electron chi connectivity index (χ1n) is 11.9. The van der Waals surface area contributed by atoms with E-state index >= 15 is 0 Å². The van der Waals surface area contributed by atoms with Crippen LogP contribution in [0.5, 0.6) is 5.75 Å². The number of fused-ring (bicyclic) bond motifs is 1. The van der Waals surface area contributed by atoms with Gasteiger partial charge in [0, 0.05) is 28.6 Å². The van der Waals surface area contributed by atoms with Crippen molar-refractivity contribution in [2.75, 3.05) is 41.0 Å². The number of aliphatic hydroxyl groups is 1. The van der Waals surface area contributed by atoms with Crippen LogP contribution in [0.15, 0.2) is 62.5 Å². The smallest absolute Gasteiger partial charge is 0.233 e. The topological polar surface area (TPSA) is 231 Å². The molecule has 8 N–H and O–H groups in total. The zero-order chi connectivity index (χ0) is 30.6. The number of nitrogens with one attached hydrogen (secondary N) is 2. The van der Waals surface area contributed by atoms with Crippen molar-refractivity contribution in [3.63, 3.8) is 0 Å². The van der Waals surface area contributed by atoms with Gasteiger partial charge in [0.1, 0.15) is 17.1 Å². The predicted octanol–water partition coefficient (Wildman–Crippen LogP) is 6.12. The second-order valence-electron chi connectivity index (χ2n) is 8.02. The van der Waals surface area contributed by atoms with Crippen LogP contribution in [0.25, 0.3) is 10.8 Å². The Morgan fingerprint density at radius 2 is 1.72 bits per heavy atom. The van der Waals surface area contributed by atoms with Crippen molar-refractivity contribution in [2.45, 2.75) is 9.79 Å². The Bertz CT molecular complexity index is 1580. The Balaban J connectivity index is 1.58. The highest BCUT2D eigenvalue weighted by molar-refractivity contribution is 7.99. The van der Waals surface area contributed by atoms with Crippen LogP contribution in [0.4, 0.5) is 34.6 Å². The van der Waals surface area contributed by atoms with Gasteiger partial charge in [0.05, 0.1) is 46.7 Å². The minimum atomic E-state index is -0.164. The molecule has 0 aliphatic carbocycles. The SMILES string of the molecule is Nc1ccc2cc(SOOO)cc(O)c2c1/N=N/c1ccc(Nc2nc(Cl)nc(NCCSCCO)n2)cc1SOOO. The van der Waals surface area contributed by atoms with Gasteiger partial charge in [-0.05, 0) is 53.4 Å². The summed E-state index contributed by atoms with van der Waals surface area (Å²) in [6.07, 6.45) is 0. The van der Waals surface area contributed by atoms with Crippen molar-refractivity contribution in [3.05, 3.63) is 47.7 Å². The molecule has 0 bridgehead atoms. The largest absolute Gasteiger partial charge is 0.507 e. The van der Waals surface area contributed by atoms with Crippen LogP contribution in [0.3, 0.4) is 0 Å². The van der Waals surface area contributed by atoms with Gasteiger partial charge in [0.25, 0.3) is 0 Å². The summed E-state index contributed by atoms with van der Waals surface area (Å²) >= 11 is 8.97. The summed E-state index contributed by atoms with van der Waals surface area (Å²) in [5, 5.41) is 59.5. The van der Waals surface area contributed by atoms with Gasteiger partial charge in [-0.15, -0.1) is 18.9 Å². The number of rotatable bonds is 16. The molecule has 4 aromatic rings. The average molecular weight is 671 g/mol. The van der Waals surface area contributed by atoms with E-state index in [0.29, 0.717) is 68.3 Å². The summed E-state index contributed by atoms with van der Waals surface area (Å²) in [4.78, 5) is 13.2. The molecule has 0 saturated heterocycles. The predicted molar refractivity (Wildman–Crippen MR) is 163 cm³/mol. The van der Waals surface area contributed by atoms with Crippen LogP contribution >= 0.6 is 47.4 Å². The van der Waals surface area contributed by atoms with Crippen LogP contribution in [-0.2, 0) is 18.7 Å². The molecule has 0 unspecified atom stereocenters. The maximum atomic E-state index is 10.7. The zero-order valence-electron chi connectivity index (χ0n) is 21.7. The monoisotopic (exact) mass is 670 g/mol. The summed E-state index contributed by atoms with van der Waals surface area (Å²) in [6.45, 7) is 0.655. The van der Waals surface area contributed by atoms with Gasteiger partial charge in [-0.25, -0.2) is 10.5 Å². The van der Waals surface area contributed by atoms with Crippen LogP contribution in [0.2, 0.25) is 5.28 Å². The average Bonchev–Trinajstić information content (AvgIpc) is 2.99. The number of nitrogens with two attached hydrogens (primary N) is 1. The van der Waals surface area contributed by atoms with Gasteiger partial charge in [0.2, 0.25) is 17.2 Å². The van der Waals surface area contributed by atoms with E-state index in [1.54, 1.807) is 48.2 Å². The fourth-order valence-corrected chi connectivity index (χ4v) is 5.19. The Morgan fingerprint density at radius 1 is 0.930 bits per heavy atom. The standard InChI is InChI=1S/C23H23ClN8O8S3/c24-21-28-22(26-5-7-41-8-6-33)30-23(29-21)27-13-2-4-16(18(10-13)43-40-38-36)31-32-20-15(25)3-1-12-9-14(42-39-37-35)11-17(34)19(12)20/h1-4,9-11,33-36H,5-8,25H2,(H2,26,27,28,29,30)/b32-31+. The highest BCUT2D eigenvalue weighted by Gasteiger charge is 2.14. The summed E-state index contributed by atoms with van der Waals surface area (Å²) in [5.74, 6) is 1.61. The maximum Gasteiger partial charge on any atom is 0.233 e. The van der Waals surface area contributed by atoms with Crippen molar-refractivity contribution in [1.82, 2.24) is 15.0 Å². The van der Waals surface area contributed by atoms with E-state index in [9.17, 15) is 5.11 Å². The van der Waals surface area contributed by atoms with Crippen LogP contribution in [0, 0.1) is 0 Å². The molecule has 0 saturated carbocycles. The Kier molecular flexibility index (Phi) is 12.6. The second-order valence-corrected chi connectivity index (χ2v) is 11.1. The molecule has 0 amide bonds. The fourth-order valence-electron chi connectivity index (χ4n) is 3.54. The van der Waals surface area contributed by atoms with E-state index in [1.165, 1.54) is 6.07 Å². The number of halogens is 1. The molecule has 0 aliphatic rings. The molecule has 16 nitrogen and oxygen atoms in total. The van der Waals surface area contributed by atoms with Gasteiger partial charge < -0.3 is 26.6 Å². The van der Waals surface area contributed by atoms with Crippen LogP contribution < -0.4 is 16.4 Å². The number of aromatic hydroxyl groups is 1.